The summed E-state index contributed by atoms with van der Waals surface area (Å²) in [5, 5.41) is 0. The van der Waals surface area contributed by atoms with Gasteiger partial charge >= 0.3 is 0 Å². The molecule has 0 unspecified atom stereocenters. The van der Waals surface area contributed by atoms with Gasteiger partial charge in [0.05, 0.1) is 14.2 Å². The molecule has 22 heavy (non-hydrogen) atoms. The SMILES string of the molecule is COc1cccc(OC)c1CC[C@H]1C[C@H]2C[C@@H]([C@@H]1C)C2(C)C. The van der Waals surface area contributed by atoms with Gasteiger partial charge in [0, 0.05) is 5.56 Å². The molecule has 0 spiro atoms. The zero-order valence-corrected chi connectivity index (χ0v) is 14.7. The lowest BCUT2D eigenvalue weighted by atomic mass is 9.43. The molecule has 2 bridgehead atoms. The third-order valence-corrected chi connectivity index (χ3v) is 6.81. The topological polar surface area (TPSA) is 18.5 Å². The van der Waals surface area contributed by atoms with Crippen molar-refractivity contribution in [1.29, 1.82) is 0 Å². The van der Waals surface area contributed by atoms with E-state index in [0.29, 0.717) is 5.41 Å². The van der Waals surface area contributed by atoms with E-state index in [1.165, 1.54) is 24.8 Å². The summed E-state index contributed by atoms with van der Waals surface area (Å²) in [6.07, 6.45) is 5.17. The minimum atomic E-state index is 0.581. The van der Waals surface area contributed by atoms with Gasteiger partial charge in [0.25, 0.3) is 0 Å². The van der Waals surface area contributed by atoms with Gasteiger partial charge in [-0.1, -0.05) is 26.8 Å². The minimum absolute atomic E-state index is 0.581. The van der Waals surface area contributed by atoms with E-state index >= 15 is 0 Å². The molecule has 3 aliphatic rings. The molecule has 0 N–H and O–H groups in total. The van der Waals surface area contributed by atoms with Crippen molar-refractivity contribution in [3.05, 3.63) is 23.8 Å². The Labute approximate surface area is 135 Å². The number of hydrogen-bond donors (Lipinski definition) is 0. The highest BCUT2D eigenvalue weighted by molar-refractivity contribution is 5.44. The maximum atomic E-state index is 5.54. The van der Waals surface area contributed by atoms with Gasteiger partial charge < -0.3 is 9.47 Å². The van der Waals surface area contributed by atoms with Crippen LogP contribution < -0.4 is 9.47 Å². The predicted molar refractivity (Wildman–Crippen MR) is 90.5 cm³/mol. The second-order valence-electron chi connectivity index (χ2n) is 7.90. The van der Waals surface area contributed by atoms with Crippen LogP contribution in [0.5, 0.6) is 11.5 Å². The number of hydrogen-bond acceptors (Lipinski definition) is 2. The van der Waals surface area contributed by atoms with E-state index in [1.807, 2.05) is 18.2 Å². The predicted octanol–water partition coefficient (Wildman–Crippen LogP) is 4.95. The van der Waals surface area contributed by atoms with Gasteiger partial charge in [0.1, 0.15) is 11.5 Å². The van der Waals surface area contributed by atoms with Crippen LogP contribution in [0.15, 0.2) is 18.2 Å². The zero-order valence-electron chi connectivity index (χ0n) is 14.7. The Morgan fingerprint density at radius 2 is 1.73 bits per heavy atom. The maximum absolute atomic E-state index is 5.54. The van der Waals surface area contributed by atoms with E-state index in [-0.39, 0.29) is 0 Å². The summed E-state index contributed by atoms with van der Waals surface area (Å²) >= 11 is 0. The van der Waals surface area contributed by atoms with Gasteiger partial charge in [0.2, 0.25) is 0 Å². The Hall–Kier alpha value is -1.18. The Kier molecular flexibility index (Phi) is 4.13. The van der Waals surface area contributed by atoms with Crippen molar-refractivity contribution in [2.75, 3.05) is 14.2 Å². The average Bonchev–Trinajstić information content (AvgIpc) is 2.52. The molecule has 4 rings (SSSR count). The highest BCUT2D eigenvalue weighted by Gasteiger charge is 2.55. The lowest BCUT2D eigenvalue weighted by Gasteiger charge is -2.62. The van der Waals surface area contributed by atoms with E-state index in [9.17, 15) is 0 Å². The Bertz CT molecular complexity index is 512. The average molecular weight is 302 g/mol. The summed E-state index contributed by atoms with van der Waals surface area (Å²) in [5.41, 5.74) is 1.82. The second kappa shape index (κ2) is 5.79. The van der Waals surface area contributed by atoms with Crippen molar-refractivity contribution in [2.45, 2.75) is 46.5 Å². The number of rotatable bonds is 5. The highest BCUT2D eigenvalue weighted by atomic mass is 16.5. The van der Waals surface area contributed by atoms with Crippen LogP contribution in [0, 0.1) is 29.1 Å². The van der Waals surface area contributed by atoms with Crippen LogP contribution in [-0.2, 0) is 6.42 Å². The molecular formula is C20H30O2. The molecule has 1 aromatic rings. The van der Waals surface area contributed by atoms with Crippen LogP contribution in [0.1, 0.15) is 45.6 Å². The number of fused-ring (bicyclic) bond motifs is 2. The molecule has 0 aliphatic heterocycles. The molecule has 0 radical (unpaired) electrons. The van der Waals surface area contributed by atoms with Crippen LogP contribution in [0.2, 0.25) is 0 Å². The molecule has 4 atom stereocenters. The van der Waals surface area contributed by atoms with Gasteiger partial charge in [-0.15, -0.1) is 0 Å². The third kappa shape index (κ3) is 2.41. The van der Waals surface area contributed by atoms with Gasteiger partial charge in [-0.25, -0.2) is 0 Å². The Balaban J connectivity index is 1.69. The van der Waals surface area contributed by atoms with E-state index < -0.39 is 0 Å². The fourth-order valence-corrected chi connectivity index (χ4v) is 5.14. The first-order valence-electron chi connectivity index (χ1n) is 8.68. The summed E-state index contributed by atoms with van der Waals surface area (Å²) in [7, 11) is 3.50. The zero-order chi connectivity index (χ0) is 15.9. The Morgan fingerprint density at radius 3 is 2.23 bits per heavy atom. The highest BCUT2D eigenvalue weighted by Crippen LogP contribution is 2.63. The lowest BCUT2D eigenvalue weighted by Crippen LogP contribution is -2.54. The van der Waals surface area contributed by atoms with Gasteiger partial charge in [0.15, 0.2) is 0 Å². The standard InChI is InChI=1S/C20H30O2/c1-13-14(11-15-12-17(13)20(15,2)3)9-10-16-18(21-4)7-6-8-19(16)22-5/h6-8,13-15,17H,9-12H2,1-5H3/t13-,14+,15+,17+/m1/s1. The first kappa shape index (κ1) is 15.7. The van der Waals surface area contributed by atoms with Crippen LogP contribution in [0.3, 0.4) is 0 Å². The molecule has 0 amide bonds. The Morgan fingerprint density at radius 1 is 1.09 bits per heavy atom. The number of methoxy groups -OCH3 is 2. The fourth-order valence-electron chi connectivity index (χ4n) is 5.14. The monoisotopic (exact) mass is 302 g/mol. The molecular weight excluding hydrogens is 272 g/mol. The van der Waals surface area contributed by atoms with E-state index in [1.54, 1.807) is 14.2 Å². The van der Waals surface area contributed by atoms with Crippen molar-refractivity contribution >= 4 is 0 Å². The first-order chi connectivity index (χ1) is 10.5. The molecule has 1 aromatic carbocycles. The van der Waals surface area contributed by atoms with Crippen molar-refractivity contribution in [1.82, 2.24) is 0 Å². The summed E-state index contributed by atoms with van der Waals surface area (Å²) in [5.74, 6) is 5.50. The first-order valence-corrected chi connectivity index (χ1v) is 8.68. The molecule has 2 nitrogen and oxygen atoms in total. The van der Waals surface area contributed by atoms with E-state index in [0.717, 1.165) is 41.6 Å². The fraction of sp³-hybridized carbons (Fsp3) is 0.700. The summed E-state index contributed by atoms with van der Waals surface area (Å²) in [6, 6.07) is 6.09. The van der Waals surface area contributed by atoms with Gasteiger partial charge in [-0.2, -0.15) is 0 Å². The molecule has 0 aromatic heterocycles. The molecule has 3 saturated carbocycles. The summed E-state index contributed by atoms with van der Waals surface area (Å²) in [6.45, 7) is 7.43. The lowest BCUT2D eigenvalue weighted by molar-refractivity contribution is -0.129. The summed E-state index contributed by atoms with van der Waals surface area (Å²) < 4.78 is 11.1. The summed E-state index contributed by atoms with van der Waals surface area (Å²) in [4.78, 5) is 0. The van der Waals surface area contributed by atoms with Crippen LogP contribution >= 0.6 is 0 Å². The quantitative estimate of drug-likeness (QED) is 0.766. The number of ether oxygens (including phenoxy) is 2. The van der Waals surface area contributed by atoms with Crippen molar-refractivity contribution in [3.63, 3.8) is 0 Å². The third-order valence-electron chi connectivity index (χ3n) is 6.81. The van der Waals surface area contributed by atoms with Crippen molar-refractivity contribution in [2.24, 2.45) is 29.1 Å². The van der Waals surface area contributed by atoms with Gasteiger partial charge in [-0.05, 0) is 66.9 Å². The molecule has 3 fully saturated rings. The molecule has 0 heterocycles. The van der Waals surface area contributed by atoms with Crippen molar-refractivity contribution in [3.8, 4) is 11.5 Å². The van der Waals surface area contributed by atoms with Gasteiger partial charge in [-0.3, -0.25) is 0 Å². The van der Waals surface area contributed by atoms with Crippen molar-refractivity contribution < 1.29 is 9.47 Å². The number of benzene rings is 1. The van der Waals surface area contributed by atoms with Crippen LogP contribution in [0.4, 0.5) is 0 Å². The second-order valence-corrected chi connectivity index (χ2v) is 7.90. The minimum Gasteiger partial charge on any atom is -0.496 e. The largest absolute Gasteiger partial charge is 0.496 e. The molecule has 0 saturated heterocycles. The molecule has 122 valence electrons. The van der Waals surface area contributed by atoms with Crippen LogP contribution in [-0.4, -0.2) is 14.2 Å². The van der Waals surface area contributed by atoms with E-state index in [2.05, 4.69) is 20.8 Å². The maximum Gasteiger partial charge on any atom is 0.125 e. The van der Waals surface area contributed by atoms with E-state index in [4.69, 9.17) is 9.47 Å². The smallest absolute Gasteiger partial charge is 0.125 e. The van der Waals surface area contributed by atoms with Crippen LogP contribution in [0.25, 0.3) is 0 Å². The molecule has 2 heteroatoms. The normalized spacial score (nSPS) is 32.2. The molecule has 3 aliphatic carbocycles.